The summed E-state index contributed by atoms with van der Waals surface area (Å²) in [5.74, 6) is 0.721. The molecule has 2 aromatic heterocycles. The largest absolute Gasteiger partial charge is 0.383 e. The fraction of sp³-hybridized carbons (Fsp3) is 0.583. The van der Waals surface area contributed by atoms with Crippen LogP contribution in [0.3, 0.4) is 0 Å². The fourth-order valence-corrected chi connectivity index (χ4v) is 2.70. The second-order valence-electron chi connectivity index (χ2n) is 5.03. The molecule has 0 saturated carbocycles. The summed E-state index contributed by atoms with van der Waals surface area (Å²) in [6, 6.07) is 0. The maximum absolute atomic E-state index is 11.4. The van der Waals surface area contributed by atoms with Crippen LogP contribution in [0.4, 0.5) is 5.82 Å². The first kappa shape index (κ1) is 12.2. The average molecular weight is 263 g/mol. The van der Waals surface area contributed by atoms with Gasteiger partial charge in [-0.1, -0.05) is 13.8 Å². The van der Waals surface area contributed by atoms with E-state index >= 15 is 0 Å². The van der Waals surface area contributed by atoms with Crippen molar-refractivity contribution in [3.8, 4) is 0 Å². The first-order chi connectivity index (χ1) is 9.10. The summed E-state index contributed by atoms with van der Waals surface area (Å²) >= 11 is 0. The Kier molecular flexibility index (Phi) is 2.78. The molecular weight excluding hydrogens is 246 g/mol. The lowest BCUT2D eigenvalue weighted by Crippen LogP contribution is -2.16. The molecule has 3 rings (SSSR count). The number of nitrogens with one attached hydrogen (secondary N) is 1. The Morgan fingerprint density at radius 1 is 1.63 bits per heavy atom. The number of hydrogen-bond donors (Lipinski definition) is 2. The molecule has 0 aromatic carbocycles. The number of hydrogen-bond acceptors (Lipinski definition) is 5. The van der Waals surface area contributed by atoms with Crippen LogP contribution >= 0.6 is 0 Å². The molecule has 2 aromatic rings. The monoisotopic (exact) mass is 263 g/mol. The molecule has 1 saturated heterocycles. The van der Waals surface area contributed by atoms with Gasteiger partial charge in [-0.15, -0.1) is 0 Å². The predicted molar refractivity (Wildman–Crippen MR) is 70.5 cm³/mol. The van der Waals surface area contributed by atoms with Crippen molar-refractivity contribution in [2.75, 3.05) is 5.73 Å². The molecular formula is C12H17N5O2. The Morgan fingerprint density at radius 3 is 3.11 bits per heavy atom. The molecule has 0 radical (unpaired) electrons. The number of aromatic amines is 1. The van der Waals surface area contributed by atoms with Crippen molar-refractivity contribution < 1.29 is 4.74 Å². The minimum Gasteiger partial charge on any atom is -0.383 e. The highest BCUT2D eigenvalue weighted by Gasteiger charge is 2.33. The summed E-state index contributed by atoms with van der Waals surface area (Å²) in [5, 5.41) is 0. The number of imidazole rings is 1. The summed E-state index contributed by atoms with van der Waals surface area (Å²) in [4.78, 5) is 22.0. The molecule has 1 fully saturated rings. The molecule has 0 bridgehead atoms. The number of nitrogens with zero attached hydrogens (tertiary/aromatic N) is 3. The van der Waals surface area contributed by atoms with Gasteiger partial charge in [0, 0.05) is 0 Å². The number of rotatable bonds is 2. The van der Waals surface area contributed by atoms with Gasteiger partial charge in [0.2, 0.25) is 0 Å². The summed E-state index contributed by atoms with van der Waals surface area (Å²) in [7, 11) is 0. The highest BCUT2D eigenvalue weighted by molar-refractivity contribution is 5.81. The van der Waals surface area contributed by atoms with E-state index in [4.69, 9.17) is 10.5 Å². The van der Waals surface area contributed by atoms with E-state index in [1.165, 1.54) is 0 Å². The zero-order chi connectivity index (χ0) is 13.6. The lowest BCUT2D eigenvalue weighted by Gasteiger charge is -2.14. The van der Waals surface area contributed by atoms with Crippen molar-refractivity contribution in [1.29, 1.82) is 0 Å². The van der Waals surface area contributed by atoms with Crippen molar-refractivity contribution in [2.45, 2.75) is 39.0 Å². The Morgan fingerprint density at radius 2 is 2.42 bits per heavy atom. The number of H-pyrrole nitrogens is 1. The van der Waals surface area contributed by atoms with Crippen LogP contribution in [0.1, 0.15) is 32.9 Å². The molecule has 102 valence electrons. The smallest absolute Gasteiger partial charge is 0.348 e. The minimum atomic E-state index is -0.468. The van der Waals surface area contributed by atoms with Gasteiger partial charge < -0.3 is 10.5 Å². The molecule has 1 aliphatic rings. The molecule has 0 amide bonds. The summed E-state index contributed by atoms with van der Waals surface area (Å²) in [6.07, 6.45) is 3.61. The van der Waals surface area contributed by atoms with Gasteiger partial charge in [0.25, 0.3) is 0 Å². The number of aromatic nitrogens is 4. The molecule has 0 aliphatic carbocycles. The van der Waals surface area contributed by atoms with E-state index in [2.05, 4.69) is 28.8 Å². The standard InChI is InChI=1S/C12H17N5O2/c1-3-7-6(2)4-8(19-7)17-5-14-9-10(13)15-12(18)16-11(9)17/h5-8H,3-4H2,1-2H3,(H3,13,15,16,18)/t6-,7-,8-/m1/s1. The minimum absolute atomic E-state index is 0.126. The Labute approximate surface area is 109 Å². The zero-order valence-electron chi connectivity index (χ0n) is 11.0. The van der Waals surface area contributed by atoms with E-state index in [-0.39, 0.29) is 18.1 Å². The highest BCUT2D eigenvalue weighted by atomic mass is 16.5. The van der Waals surface area contributed by atoms with Crippen molar-refractivity contribution in [3.63, 3.8) is 0 Å². The lowest BCUT2D eigenvalue weighted by atomic mass is 10.0. The second-order valence-corrected chi connectivity index (χ2v) is 5.03. The van der Waals surface area contributed by atoms with Crippen LogP contribution < -0.4 is 11.4 Å². The zero-order valence-corrected chi connectivity index (χ0v) is 11.0. The van der Waals surface area contributed by atoms with Crippen molar-refractivity contribution in [3.05, 3.63) is 16.8 Å². The van der Waals surface area contributed by atoms with Crippen LogP contribution in [-0.2, 0) is 4.74 Å². The second kappa shape index (κ2) is 4.34. The highest BCUT2D eigenvalue weighted by Crippen LogP contribution is 2.35. The number of nitrogens with two attached hydrogens (primary N) is 1. The summed E-state index contributed by atoms with van der Waals surface area (Å²) in [6.45, 7) is 4.28. The molecule has 3 atom stereocenters. The summed E-state index contributed by atoms with van der Waals surface area (Å²) in [5.41, 5.74) is 6.26. The molecule has 7 heteroatoms. The van der Waals surface area contributed by atoms with Gasteiger partial charge in [0.1, 0.15) is 17.6 Å². The first-order valence-electron chi connectivity index (χ1n) is 6.48. The maximum atomic E-state index is 11.4. The molecule has 3 N–H and O–H groups in total. The Hall–Kier alpha value is -1.89. The Balaban J connectivity index is 2.05. The van der Waals surface area contributed by atoms with E-state index in [0.29, 0.717) is 17.1 Å². The average Bonchev–Trinajstić information content (AvgIpc) is 2.92. The SMILES string of the molecule is CC[C@H]1O[C@@H](n2cnc3c(N)[nH]c(=O)nc32)C[C@H]1C. The predicted octanol–water partition coefficient (Wildman–Crippen LogP) is 1.04. The van der Waals surface area contributed by atoms with Gasteiger partial charge in [-0.05, 0) is 18.8 Å². The summed E-state index contributed by atoms with van der Waals surface area (Å²) < 4.78 is 7.78. The molecule has 19 heavy (non-hydrogen) atoms. The van der Waals surface area contributed by atoms with Crippen LogP contribution in [0, 0.1) is 5.92 Å². The third-order valence-corrected chi connectivity index (χ3v) is 3.72. The molecule has 0 spiro atoms. The number of fused-ring (bicyclic) bond motifs is 1. The fourth-order valence-electron chi connectivity index (χ4n) is 2.70. The molecule has 1 aliphatic heterocycles. The van der Waals surface area contributed by atoms with E-state index in [1.54, 1.807) is 10.9 Å². The number of nitrogen functional groups attached to an aromatic ring is 1. The normalized spacial score (nSPS) is 27.2. The van der Waals surface area contributed by atoms with Crippen molar-refractivity contribution >= 4 is 17.0 Å². The first-order valence-corrected chi connectivity index (χ1v) is 6.48. The van der Waals surface area contributed by atoms with Crippen LogP contribution in [0.15, 0.2) is 11.1 Å². The molecule has 7 nitrogen and oxygen atoms in total. The van der Waals surface area contributed by atoms with Crippen LogP contribution in [0.2, 0.25) is 0 Å². The molecule has 3 heterocycles. The quantitative estimate of drug-likeness (QED) is 0.843. The van der Waals surface area contributed by atoms with E-state index in [9.17, 15) is 4.79 Å². The third kappa shape index (κ3) is 1.90. The topological polar surface area (TPSA) is 98.8 Å². The third-order valence-electron chi connectivity index (χ3n) is 3.72. The van der Waals surface area contributed by atoms with E-state index in [0.717, 1.165) is 12.8 Å². The molecule has 0 unspecified atom stereocenters. The van der Waals surface area contributed by atoms with Gasteiger partial charge in [-0.3, -0.25) is 9.55 Å². The van der Waals surface area contributed by atoms with E-state index < -0.39 is 5.69 Å². The van der Waals surface area contributed by atoms with Crippen LogP contribution in [0.5, 0.6) is 0 Å². The van der Waals surface area contributed by atoms with Crippen LogP contribution in [0.25, 0.3) is 11.2 Å². The maximum Gasteiger partial charge on any atom is 0.348 e. The number of anilines is 1. The van der Waals surface area contributed by atoms with E-state index in [1.807, 2.05) is 0 Å². The van der Waals surface area contributed by atoms with Crippen molar-refractivity contribution in [1.82, 2.24) is 19.5 Å². The van der Waals surface area contributed by atoms with Gasteiger partial charge >= 0.3 is 5.69 Å². The number of ether oxygens (including phenoxy) is 1. The van der Waals surface area contributed by atoms with Gasteiger partial charge in [-0.2, -0.15) is 4.98 Å². The van der Waals surface area contributed by atoms with Gasteiger partial charge in [0.15, 0.2) is 5.65 Å². The van der Waals surface area contributed by atoms with Gasteiger partial charge in [0.05, 0.1) is 12.4 Å². The lowest BCUT2D eigenvalue weighted by molar-refractivity contribution is -0.00305. The Bertz CT molecular complexity index is 662. The van der Waals surface area contributed by atoms with Crippen molar-refractivity contribution in [2.24, 2.45) is 5.92 Å². The van der Waals surface area contributed by atoms with Gasteiger partial charge in [-0.25, -0.2) is 9.78 Å². The van der Waals surface area contributed by atoms with Crippen LogP contribution in [-0.4, -0.2) is 25.6 Å².